The van der Waals surface area contributed by atoms with Gasteiger partial charge in [-0.3, -0.25) is 4.98 Å². The quantitative estimate of drug-likeness (QED) is 0.912. The van der Waals surface area contributed by atoms with E-state index in [2.05, 4.69) is 10.3 Å². The van der Waals surface area contributed by atoms with Gasteiger partial charge in [0.15, 0.2) is 0 Å². The van der Waals surface area contributed by atoms with E-state index in [0.717, 1.165) is 22.2 Å². The van der Waals surface area contributed by atoms with Crippen LogP contribution in [0.25, 0.3) is 10.9 Å². The number of alkyl halides is 3. The van der Waals surface area contributed by atoms with E-state index in [9.17, 15) is 18.3 Å². The first-order chi connectivity index (χ1) is 9.78. The molecule has 0 bridgehead atoms. The third-order valence-corrected chi connectivity index (χ3v) is 3.22. The van der Waals surface area contributed by atoms with Crippen LogP contribution in [0.4, 0.5) is 13.2 Å². The second kappa shape index (κ2) is 5.99. The van der Waals surface area contributed by atoms with Crippen LogP contribution in [-0.4, -0.2) is 29.4 Å². The lowest BCUT2D eigenvalue weighted by molar-refractivity contribution is -0.125. The largest absolute Gasteiger partial charge is 0.401 e. The number of halogens is 3. The fourth-order valence-corrected chi connectivity index (χ4v) is 2.29. The van der Waals surface area contributed by atoms with Crippen molar-refractivity contribution in [3.05, 3.63) is 41.1 Å². The number of aliphatic hydroxyl groups is 1. The first-order valence-electron chi connectivity index (χ1n) is 6.60. The summed E-state index contributed by atoms with van der Waals surface area (Å²) in [7, 11) is 0. The van der Waals surface area contributed by atoms with Gasteiger partial charge in [0.25, 0.3) is 0 Å². The fourth-order valence-electron chi connectivity index (χ4n) is 2.29. The Morgan fingerprint density at radius 2 is 2.00 bits per heavy atom. The maximum Gasteiger partial charge on any atom is 0.401 e. The average Bonchev–Trinajstić information content (AvgIpc) is 2.37. The van der Waals surface area contributed by atoms with E-state index in [1.807, 2.05) is 25.1 Å². The summed E-state index contributed by atoms with van der Waals surface area (Å²) in [6, 6.07) is 7.28. The molecule has 2 rings (SSSR count). The normalized spacial score (nSPS) is 13.6. The van der Waals surface area contributed by atoms with Gasteiger partial charge in [-0.25, -0.2) is 0 Å². The number of fused-ring (bicyclic) bond motifs is 1. The standard InChI is InChI=1S/C15H17F3N2O/c1-9-4-3-5-11-12(6-10(2)20-14(9)11)13(21)7-19-8-15(16,17)18/h3-6,13,19,21H,7-8H2,1-2H3. The molecule has 114 valence electrons. The second-order valence-corrected chi connectivity index (χ2v) is 5.09. The third kappa shape index (κ3) is 3.92. The first-order valence-corrected chi connectivity index (χ1v) is 6.60. The highest BCUT2D eigenvalue weighted by Gasteiger charge is 2.26. The molecule has 1 aromatic carbocycles. The van der Waals surface area contributed by atoms with E-state index < -0.39 is 18.8 Å². The molecule has 0 aliphatic heterocycles. The summed E-state index contributed by atoms with van der Waals surface area (Å²) < 4.78 is 36.4. The van der Waals surface area contributed by atoms with Crippen molar-refractivity contribution in [1.82, 2.24) is 10.3 Å². The molecular weight excluding hydrogens is 281 g/mol. The first kappa shape index (κ1) is 15.7. The number of hydrogen-bond acceptors (Lipinski definition) is 3. The van der Waals surface area contributed by atoms with Crippen molar-refractivity contribution < 1.29 is 18.3 Å². The van der Waals surface area contributed by atoms with Crippen LogP contribution >= 0.6 is 0 Å². The number of para-hydroxylation sites is 1. The predicted molar refractivity (Wildman–Crippen MR) is 75.1 cm³/mol. The average molecular weight is 298 g/mol. The minimum Gasteiger partial charge on any atom is -0.387 e. The Morgan fingerprint density at radius 3 is 2.67 bits per heavy atom. The van der Waals surface area contributed by atoms with Gasteiger partial charge in [0.2, 0.25) is 0 Å². The van der Waals surface area contributed by atoms with Gasteiger partial charge in [0.05, 0.1) is 18.2 Å². The molecule has 0 fully saturated rings. The Labute approximate surface area is 120 Å². The molecule has 0 amide bonds. The lowest BCUT2D eigenvalue weighted by Crippen LogP contribution is -2.32. The van der Waals surface area contributed by atoms with E-state index in [1.165, 1.54) is 0 Å². The smallest absolute Gasteiger partial charge is 0.387 e. The molecule has 6 heteroatoms. The number of aromatic nitrogens is 1. The molecule has 0 aliphatic rings. The summed E-state index contributed by atoms with van der Waals surface area (Å²) in [5.74, 6) is 0. The minimum atomic E-state index is -4.29. The summed E-state index contributed by atoms with van der Waals surface area (Å²) in [5, 5.41) is 13.2. The zero-order valence-electron chi connectivity index (χ0n) is 11.8. The molecular formula is C15H17F3N2O. The Balaban J connectivity index is 2.26. The van der Waals surface area contributed by atoms with Crippen LogP contribution in [0.3, 0.4) is 0 Å². The Morgan fingerprint density at radius 1 is 1.29 bits per heavy atom. The molecule has 2 N–H and O–H groups in total. The van der Waals surface area contributed by atoms with Crippen LogP contribution in [0.15, 0.2) is 24.3 Å². The van der Waals surface area contributed by atoms with Crippen molar-refractivity contribution in [2.24, 2.45) is 0 Å². The van der Waals surface area contributed by atoms with E-state index in [-0.39, 0.29) is 6.54 Å². The number of nitrogens with zero attached hydrogens (tertiary/aromatic N) is 1. The van der Waals surface area contributed by atoms with Gasteiger partial charge in [-0.05, 0) is 31.0 Å². The highest BCUT2D eigenvalue weighted by atomic mass is 19.4. The van der Waals surface area contributed by atoms with Crippen molar-refractivity contribution in [3.63, 3.8) is 0 Å². The van der Waals surface area contributed by atoms with Crippen LogP contribution in [0.1, 0.15) is 22.9 Å². The summed E-state index contributed by atoms with van der Waals surface area (Å²) in [5.41, 5.74) is 3.05. The van der Waals surface area contributed by atoms with Gasteiger partial charge in [0.1, 0.15) is 0 Å². The van der Waals surface area contributed by atoms with Crippen molar-refractivity contribution in [3.8, 4) is 0 Å². The summed E-state index contributed by atoms with van der Waals surface area (Å²) in [6.45, 7) is 2.43. The van der Waals surface area contributed by atoms with Crippen LogP contribution in [-0.2, 0) is 0 Å². The third-order valence-electron chi connectivity index (χ3n) is 3.22. The van der Waals surface area contributed by atoms with Gasteiger partial charge >= 0.3 is 6.18 Å². The maximum absolute atomic E-state index is 12.1. The van der Waals surface area contributed by atoms with Crippen LogP contribution in [0.5, 0.6) is 0 Å². The van der Waals surface area contributed by atoms with Crippen molar-refractivity contribution in [1.29, 1.82) is 0 Å². The van der Waals surface area contributed by atoms with Gasteiger partial charge in [0, 0.05) is 17.6 Å². The van der Waals surface area contributed by atoms with E-state index >= 15 is 0 Å². The van der Waals surface area contributed by atoms with E-state index in [4.69, 9.17) is 0 Å². The SMILES string of the molecule is Cc1cc(C(O)CNCC(F)(F)F)c2cccc(C)c2n1. The molecule has 0 spiro atoms. The van der Waals surface area contributed by atoms with Crippen molar-refractivity contribution in [2.45, 2.75) is 26.1 Å². The van der Waals surface area contributed by atoms with Crippen molar-refractivity contribution >= 4 is 10.9 Å². The van der Waals surface area contributed by atoms with Gasteiger partial charge in [-0.15, -0.1) is 0 Å². The van der Waals surface area contributed by atoms with Crippen LogP contribution in [0, 0.1) is 13.8 Å². The zero-order valence-corrected chi connectivity index (χ0v) is 11.8. The Bertz CT molecular complexity index is 641. The lowest BCUT2D eigenvalue weighted by Gasteiger charge is -2.16. The molecule has 1 unspecified atom stereocenters. The topological polar surface area (TPSA) is 45.1 Å². The van der Waals surface area contributed by atoms with E-state index in [1.54, 1.807) is 13.0 Å². The number of rotatable bonds is 4. The molecule has 0 saturated carbocycles. The van der Waals surface area contributed by atoms with Gasteiger partial charge in [-0.1, -0.05) is 18.2 Å². The highest BCUT2D eigenvalue weighted by molar-refractivity contribution is 5.85. The molecule has 21 heavy (non-hydrogen) atoms. The molecule has 2 aromatic rings. The maximum atomic E-state index is 12.1. The predicted octanol–water partition coefficient (Wildman–Crippen LogP) is 3.04. The molecule has 3 nitrogen and oxygen atoms in total. The van der Waals surface area contributed by atoms with Crippen LogP contribution < -0.4 is 5.32 Å². The summed E-state index contributed by atoms with van der Waals surface area (Å²) in [4.78, 5) is 4.43. The number of aliphatic hydroxyl groups excluding tert-OH is 1. The highest BCUT2D eigenvalue weighted by Crippen LogP contribution is 2.26. The number of benzene rings is 1. The number of aryl methyl sites for hydroxylation is 2. The Kier molecular flexibility index (Phi) is 4.49. The van der Waals surface area contributed by atoms with Crippen LogP contribution in [0.2, 0.25) is 0 Å². The van der Waals surface area contributed by atoms with Crippen molar-refractivity contribution in [2.75, 3.05) is 13.1 Å². The fraction of sp³-hybridized carbons (Fsp3) is 0.400. The summed E-state index contributed by atoms with van der Waals surface area (Å²) in [6.07, 6.45) is -5.30. The lowest BCUT2D eigenvalue weighted by atomic mass is 10.0. The molecule has 1 heterocycles. The molecule has 1 atom stereocenters. The van der Waals surface area contributed by atoms with Gasteiger partial charge in [-0.2, -0.15) is 13.2 Å². The monoisotopic (exact) mass is 298 g/mol. The molecule has 0 aliphatic carbocycles. The second-order valence-electron chi connectivity index (χ2n) is 5.09. The Hall–Kier alpha value is -1.66. The zero-order chi connectivity index (χ0) is 15.6. The van der Waals surface area contributed by atoms with E-state index in [0.29, 0.717) is 5.56 Å². The number of nitrogens with one attached hydrogen (secondary N) is 1. The molecule has 0 saturated heterocycles. The number of hydrogen-bond donors (Lipinski definition) is 2. The molecule has 0 radical (unpaired) electrons. The number of pyridine rings is 1. The summed E-state index contributed by atoms with van der Waals surface area (Å²) >= 11 is 0. The van der Waals surface area contributed by atoms with Gasteiger partial charge < -0.3 is 10.4 Å². The molecule has 1 aromatic heterocycles. The minimum absolute atomic E-state index is 0.161.